The van der Waals surface area contributed by atoms with Gasteiger partial charge < -0.3 is 40.4 Å². The van der Waals surface area contributed by atoms with E-state index < -0.39 is 59.5 Å². The first-order chi connectivity index (χ1) is 21.1. The van der Waals surface area contributed by atoms with Gasteiger partial charge in [0, 0.05) is 30.7 Å². The number of aliphatic carboxylic acids is 1. The van der Waals surface area contributed by atoms with E-state index in [1.54, 1.807) is 65.0 Å². The first-order valence-electron chi connectivity index (χ1n) is 13.8. The van der Waals surface area contributed by atoms with Crippen molar-refractivity contribution in [2.24, 2.45) is 5.73 Å². The fourth-order valence-electron chi connectivity index (χ4n) is 3.06. The number of hydrogen-bond acceptors (Lipinski definition) is 11. The van der Waals surface area contributed by atoms with Crippen LogP contribution in [0.3, 0.4) is 0 Å². The van der Waals surface area contributed by atoms with Crippen molar-refractivity contribution < 1.29 is 57.6 Å². The summed E-state index contributed by atoms with van der Waals surface area (Å²) in [6, 6.07) is 6.54. The molecule has 15 nitrogen and oxygen atoms in total. The maximum atomic E-state index is 13.1. The molecule has 0 heterocycles. The van der Waals surface area contributed by atoms with Crippen LogP contribution < -0.4 is 16.4 Å². The van der Waals surface area contributed by atoms with Gasteiger partial charge in [-0.05, 0) is 46.6 Å². The Morgan fingerprint density at radius 1 is 0.822 bits per heavy atom. The van der Waals surface area contributed by atoms with E-state index in [-0.39, 0.29) is 32.7 Å². The molecule has 248 valence electrons. The number of ether oxygens (including phenoxy) is 4. The number of carbonyl (C=O) groups is 7. The van der Waals surface area contributed by atoms with Crippen LogP contribution in [0, 0.1) is 0 Å². The van der Waals surface area contributed by atoms with Gasteiger partial charge in [0.05, 0.1) is 19.3 Å². The van der Waals surface area contributed by atoms with E-state index in [9.17, 15) is 33.6 Å². The Bertz CT molecular complexity index is 1210. The van der Waals surface area contributed by atoms with Crippen molar-refractivity contribution in [3.05, 3.63) is 60.2 Å². The summed E-state index contributed by atoms with van der Waals surface area (Å²) in [6.07, 6.45) is 2.59. The number of nitrogens with one attached hydrogen (secondary N) is 2. The Kier molecular flexibility index (Phi) is 19.0. The Labute approximate surface area is 261 Å². The van der Waals surface area contributed by atoms with Crippen LogP contribution >= 0.6 is 0 Å². The monoisotopic (exact) mass is 635 g/mol. The van der Waals surface area contributed by atoms with Crippen molar-refractivity contribution in [2.75, 3.05) is 19.8 Å². The zero-order valence-corrected chi connectivity index (χ0v) is 25.9. The molecule has 0 aliphatic rings. The Morgan fingerprint density at radius 2 is 1.33 bits per heavy atom. The molecular weight excluding hydrogens is 594 g/mol. The summed E-state index contributed by atoms with van der Waals surface area (Å²) in [6.45, 7) is 8.43. The van der Waals surface area contributed by atoms with Crippen LogP contribution in [0.1, 0.15) is 59.1 Å². The van der Waals surface area contributed by atoms with Crippen molar-refractivity contribution in [1.82, 2.24) is 10.6 Å². The zero-order chi connectivity index (χ0) is 34.4. The van der Waals surface area contributed by atoms with E-state index in [4.69, 9.17) is 20.3 Å². The number of esters is 3. The molecule has 0 bridgehead atoms. The predicted octanol–water partition coefficient (Wildman–Crippen LogP) is 1.86. The van der Waals surface area contributed by atoms with Crippen LogP contribution in [0.4, 0.5) is 4.79 Å². The molecule has 3 amide bonds. The van der Waals surface area contributed by atoms with Crippen molar-refractivity contribution in [3.63, 3.8) is 0 Å². The normalized spacial score (nSPS) is 12.1. The molecule has 0 radical (unpaired) electrons. The lowest BCUT2D eigenvalue weighted by Crippen LogP contribution is -2.47. The first-order valence-corrected chi connectivity index (χ1v) is 13.8. The third-order valence-electron chi connectivity index (χ3n) is 4.86. The fraction of sp³-hybridized carbons (Fsp3) is 0.433. The Morgan fingerprint density at radius 3 is 1.80 bits per heavy atom. The number of carboxylic acids is 1. The number of hydrogen-bond donors (Lipinski definition) is 4. The third kappa shape index (κ3) is 21.2. The van der Waals surface area contributed by atoms with Gasteiger partial charge in [0.2, 0.25) is 11.8 Å². The lowest BCUT2D eigenvalue weighted by atomic mass is 10.0. The van der Waals surface area contributed by atoms with E-state index in [1.807, 2.05) is 0 Å². The van der Waals surface area contributed by atoms with Gasteiger partial charge in [-0.3, -0.25) is 9.59 Å². The lowest BCUT2D eigenvalue weighted by molar-refractivity contribution is -0.141. The highest BCUT2D eigenvalue weighted by Gasteiger charge is 2.28. The van der Waals surface area contributed by atoms with Crippen LogP contribution in [-0.4, -0.2) is 78.4 Å². The Balaban J connectivity index is 0.00000165. The summed E-state index contributed by atoms with van der Waals surface area (Å²) in [5, 5.41) is 13.2. The van der Waals surface area contributed by atoms with Crippen molar-refractivity contribution in [1.29, 1.82) is 0 Å². The van der Waals surface area contributed by atoms with Crippen molar-refractivity contribution >= 4 is 41.8 Å². The molecule has 45 heavy (non-hydrogen) atoms. The van der Waals surface area contributed by atoms with Crippen LogP contribution in [0.25, 0.3) is 0 Å². The maximum Gasteiger partial charge on any atom is 0.408 e. The SMILES string of the molecule is CCOC(=O)/C=C/C(=O)O.CCOC(=O)/C=C/C(=O)OC[C@H](CCC(N)=O)NC(=O)[C@@H](NC(=O)OC(C)(C)C)c1ccccc1. The van der Waals surface area contributed by atoms with Gasteiger partial charge in [-0.15, -0.1) is 0 Å². The number of carbonyl (C=O) groups excluding carboxylic acids is 6. The molecule has 0 aliphatic carbocycles. The highest BCUT2D eigenvalue weighted by atomic mass is 16.6. The fourth-order valence-corrected chi connectivity index (χ4v) is 3.06. The first kappa shape index (κ1) is 39.8. The van der Waals surface area contributed by atoms with E-state index in [0.29, 0.717) is 5.56 Å². The van der Waals surface area contributed by atoms with E-state index in [1.165, 1.54) is 0 Å². The van der Waals surface area contributed by atoms with Crippen molar-refractivity contribution in [2.45, 2.75) is 65.1 Å². The van der Waals surface area contributed by atoms with Crippen molar-refractivity contribution in [3.8, 4) is 0 Å². The molecule has 0 saturated carbocycles. The van der Waals surface area contributed by atoms with Crippen LogP contribution in [0.15, 0.2) is 54.6 Å². The van der Waals surface area contributed by atoms with E-state index >= 15 is 0 Å². The predicted molar refractivity (Wildman–Crippen MR) is 159 cm³/mol. The molecule has 0 aromatic heterocycles. The van der Waals surface area contributed by atoms with Gasteiger partial charge >= 0.3 is 30.0 Å². The minimum atomic E-state index is -1.16. The smallest absolute Gasteiger partial charge is 0.408 e. The minimum absolute atomic E-state index is 0.0733. The molecule has 1 rings (SSSR count). The standard InChI is InChI=1S/C24H33N3O8.C6H8O4/c1-5-33-19(29)13-14-20(30)34-15-17(11-12-18(25)28)26-22(31)21(16-9-7-6-8-10-16)27-23(32)35-24(2,3)4;1-2-10-6(9)4-3-5(7)8/h6-10,13-14,17,21H,5,11-12,15H2,1-4H3,(H2,25,28)(H,26,31)(H,27,32);3-4H,2H2,1H3,(H,7,8)/b14-13+;4-3+/t17-,21-;/m0./s1. The van der Waals surface area contributed by atoms with Gasteiger partial charge in [0.25, 0.3) is 0 Å². The number of nitrogens with two attached hydrogens (primary N) is 1. The maximum absolute atomic E-state index is 13.1. The zero-order valence-electron chi connectivity index (χ0n) is 25.9. The number of benzene rings is 1. The van der Waals surface area contributed by atoms with Gasteiger partial charge in [0.1, 0.15) is 18.2 Å². The molecule has 2 atom stereocenters. The second-order valence-corrected chi connectivity index (χ2v) is 9.84. The Hall–Kier alpha value is -5.21. The molecule has 1 aromatic carbocycles. The van der Waals surface area contributed by atoms with E-state index in [0.717, 1.165) is 24.3 Å². The quantitative estimate of drug-likeness (QED) is 0.123. The largest absolute Gasteiger partial charge is 0.478 e. The molecule has 15 heteroatoms. The highest BCUT2D eigenvalue weighted by molar-refractivity contribution is 5.92. The summed E-state index contributed by atoms with van der Waals surface area (Å²) in [5.41, 5.74) is 4.92. The molecule has 0 aliphatic heterocycles. The second kappa shape index (κ2) is 21.5. The number of rotatable bonds is 15. The molecule has 0 fully saturated rings. The molecule has 0 saturated heterocycles. The van der Waals surface area contributed by atoms with Gasteiger partial charge in [-0.1, -0.05) is 30.3 Å². The second-order valence-electron chi connectivity index (χ2n) is 9.84. The molecule has 0 unspecified atom stereocenters. The summed E-state index contributed by atoms with van der Waals surface area (Å²) < 4.78 is 19.4. The summed E-state index contributed by atoms with van der Waals surface area (Å²) in [4.78, 5) is 80.2. The van der Waals surface area contributed by atoms with Gasteiger partial charge in [-0.2, -0.15) is 0 Å². The number of amides is 3. The molecule has 1 aromatic rings. The average molecular weight is 636 g/mol. The lowest BCUT2D eigenvalue weighted by Gasteiger charge is -2.25. The summed E-state index contributed by atoms with van der Waals surface area (Å²) in [7, 11) is 0. The van der Waals surface area contributed by atoms with E-state index in [2.05, 4.69) is 20.1 Å². The topological polar surface area (TPSA) is 227 Å². The highest BCUT2D eigenvalue weighted by Crippen LogP contribution is 2.16. The molecule has 5 N–H and O–H groups in total. The van der Waals surface area contributed by atoms with Gasteiger partial charge in [0.15, 0.2) is 0 Å². The summed E-state index contributed by atoms with van der Waals surface area (Å²) in [5.74, 6) is -4.57. The number of primary amides is 1. The number of alkyl carbamates (subject to hydrolysis) is 1. The van der Waals surface area contributed by atoms with Crippen LogP contribution in [-0.2, 0) is 47.7 Å². The third-order valence-corrected chi connectivity index (χ3v) is 4.86. The van der Waals surface area contributed by atoms with Gasteiger partial charge in [-0.25, -0.2) is 24.0 Å². The molecule has 0 spiro atoms. The van der Waals surface area contributed by atoms with Crippen LogP contribution in [0.2, 0.25) is 0 Å². The average Bonchev–Trinajstić information content (AvgIpc) is 2.95. The number of carboxylic acid groups (broad SMARTS) is 1. The minimum Gasteiger partial charge on any atom is -0.478 e. The summed E-state index contributed by atoms with van der Waals surface area (Å²) >= 11 is 0. The molecular formula is C30H41N3O12. The van der Waals surface area contributed by atoms with Crippen LogP contribution in [0.5, 0.6) is 0 Å².